The molecule has 1 fully saturated rings. The van der Waals surface area contributed by atoms with Crippen LogP contribution in [0.1, 0.15) is 50.0 Å². The van der Waals surface area contributed by atoms with Crippen molar-refractivity contribution in [3.8, 4) is 0 Å². The molecule has 0 aromatic heterocycles. The molecule has 5 nitrogen and oxygen atoms in total. The van der Waals surface area contributed by atoms with Crippen molar-refractivity contribution >= 4 is 23.6 Å². The third-order valence-electron chi connectivity index (χ3n) is 4.18. The number of carbonyl (C=O) groups excluding carboxylic acids is 1. The van der Waals surface area contributed by atoms with E-state index in [4.69, 9.17) is 16.7 Å². The molecule has 1 aromatic rings. The van der Waals surface area contributed by atoms with Crippen LogP contribution in [0.4, 0.5) is 4.79 Å². The molecule has 1 aromatic carbocycles. The van der Waals surface area contributed by atoms with Gasteiger partial charge in [0.1, 0.15) is 0 Å². The van der Waals surface area contributed by atoms with Crippen molar-refractivity contribution in [1.82, 2.24) is 10.6 Å². The molecule has 0 radical (unpaired) electrons. The number of nitrogens with one attached hydrogen (secondary N) is 2. The van der Waals surface area contributed by atoms with E-state index in [0.717, 1.165) is 30.7 Å². The first-order chi connectivity index (χ1) is 11.0. The van der Waals surface area contributed by atoms with Crippen molar-refractivity contribution < 1.29 is 14.7 Å². The second kappa shape index (κ2) is 8.77. The maximum atomic E-state index is 11.9. The Morgan fingerprint density at radius 1 is 1.30 bits per heavy atom. The van der Waals surface area contributed by atoms with Crippen LogP contribution in [0.3, 0.4) is 0 Å². The fraction of sp³-hybridized carbons (Fsp3) is 0.529. The highest BCUT2D eigenvalue weighted by Gasteiger charge is 2.24. The standard InChI is InChI=1S/C17H23ClN2O3/c18-14-6-1-4-12(10-14)13-5-2-7-15(11-13)20-17(23)19-9-3-8-16(21)22/h1,4,6,10,13,15H,2-3,5,7-9,11H2,(H,21,22)(H2,19,20,23). The lowest BCUT2D eigenvalue weighted by atomic mass is 9.81. The average Bonchev–Trinajstić information content (AvgIpc) is 2.52. The zero-order valence-electron chi connectivity index (χ0n) is 13.1. The van der Waals surface area contributed by atoms with E-state index in [1.165, 1.54) is 5.56 Å². The highest BCUT2D eigenvalue weighted by molar-refractivity contribution is 6.30. The normalized spacial score (nSPS) is 20.7. The topological polar surface area (TPSA) is 78.4 Å². The Morgan fingerprint density at radius 2 is 2.13 bits per heavy atom. The fourth-order valence-corrected chi connectivity index (χ4v) is 3.26. The Morgan fingerprint density at radius 3 is 2.87 bits per heavy atom. The fourth-order valence-electron chi connectivity index (χ4n) is 3.06. The molecule has 2 rings (SSSR count). The first-order valence-corrected chi connectivity index (χ1v) is 8.44. The number of halogens is 1. The van der Waals surface area contributed by atoms with Crippen LogP contribution in [0.5, 0.6) is 0 Å². The van der Waals surface area contributed by atoms with Crippen molar-refractivity contribution in [2.24, 2.45) is 0 Å². The third kappa shape index (κ3) is 6.10. The van der Waals surface area contributed by atoms with Gasteiger partial charge < -0.3 is 15.7 Å². The van der Waals surface area contributed by atoms with E-state index in [1.807, 2.05) is 18.2 Å². The summed E-state index contributed by atoms with van der Waals surface area (Å²) in [6.45, 7) is 0.378. The van der Waals surface area contributed by atoms with Gasteiger partial charge in [0.05, 0.1) is 0 Å². The van der Waals surface area contributed by atoms with Gasteiger partial charge >= 0.3 is 12.0 Å². The molecule has 2 amide bonds. The van der Waals surface area contributed by atoms with Gasteiger partial charge in [-0.3, -0.25) is 4.79 Å². The van der Waals surface area contributed by atoms with Gasteiger partial charge in [-0.05, 0) is 49.3 Å². The summed E-state index contributed by atoms with van der Waals surface area (Å²) in [6, 6.07) is 7.85. The predicted octanol–water partition coefficient (Wildman–Crippen LogP) is 3.53. The van der Waals surface area contributed by atoms with Gasteiger partial charge in [-0.15, -0.1) is 0 Å². The maximum Gasteiger partial charge on any atom is 0.315 e. The summed E-state index contributed by atoms with van der Waals surface area (Å²) >= 11 is 6.06. The molecule has 0 heterocycles. The molecule has 0 bridgehead atoms. The molecule has 3 N–H and O–H groups in total. The summed E-state index contributed by atoms with van der Waals surface area (Å²) in [5.41, 5.74) is 1.23. The minimum absolute atomic E-state index is 0.0700. The van der Waals surface area contributed by atoms with E-state index in [0.29, 0.717) is 18.9 Å². The predicted molar refractivity (Wildman–Crippen MR) is 89.9 cm³/mol. The third-order valence-corrected chi connectivity index (χ3v) is 4.42. The Kier molecular flexibility index (Phi) is 6.71. The van der Waals surface area contributed by atoms with Crippen LogP contribution < -0.4 is 10.6 Å². The van der Waals surface area contributed by atoms with Crippen molar-refractivity contribution in [1.29, 1.82) is 0 Å². The van der Waals surface area contributed by atoms with Gasteiger partial charge in [-0.2, -0.15) is 0 Å². The van der Waals surface area contributed by atoms with Gasteiger partial charge in [0.25, 0.3) is 0 Å². The highest BCUT2D eigenvalue weighted by Crippen LogP contribution is 2.33. The second-order valence-corrected chi connectivity index (χ2v) is 6.45. The Hall–Kier alpha value is -1.75. The Bertz CT molecular complexity index is 550. The summed E-state index contributed by atoms with van der Waals surface area (Å²) in [4.78, 5) is 22.3. The monoisotopic (exact) mass is 338 g/mol. The van der Waals surface area contributed by atoms with E-state index in [1.54, 1.807) is 0 Å². The number of hydrogen-bond acceptors (Lipinski definition) is 2. The van der Waals surface area contributed by atoms with Gasteiger partial charge in [-0.1, -0.05) is 30.2 Å². The van der Waals surface area contributed by atoms with Crippen molar-refractivity contribution in [2.75, 3.05) is 6.54 Å². The molecule has 0 aliphatic heterocycles. The van der Waals surface area contributed by atoms with Crippen molar-refractivity contribution in [2.45, 2.75) is 50.5 Å². The van der Waals surface area contributed by atoms with Gasteiger partial charge in [0, 0.05) is 24.0 Å². The van der Waals surface area contributed by atoms with Gasteiger partial charge in [0.2, 0.25) is 0 Å². The molecule has 0 saturated heterocycles. The average molecular weight is 339 g/mol. The molecule has 1 saturated carbocycles. The van der Waals surface area contributed by atoms with E-state index in [2.05, 4.69) is 16.7 Å². The number of hydrogen-bond donors (Lipinski definition) is 3. The molecule has 23 heavy (non-hydrogen) atoms. The van der Waals surface area contributed by atoms with Crippen LogP contribution in [0, 0.1) is 0 Å². The van der Waals surface area contributed by atoms with E-state index >= 15 is 0 Å². The second-order valence-electron chi connectivity index (χ2n) is 6.01. The number of carbonyl (C=O) groups is 2. The molecule has 126 valence electrons. The minimum atomic E-state index is -0.844. The number of aliphatic carboxylic acids is 1. The molecule has 6 heteroatoms. The smallest absolute Gasteiger partial charge is 0.315 e. The summed E-state index contributed by atoms with van der Waals surface area (Å²) in [6.07, 6.45) is 4.57. The van der Waals surface area contributed by atoms with Gasteiger partial charge in [-0.25, -0.2) is 4.79 Å². The molecule has 1 aliphatic carbocycles. The number of carboxylic acid groups (broad SMARTS) is 1. The number of carboxylic acids is 1. The van der Waals surface area contributed by atoms with Crippen molar-refractivity contribution in [3.63, 3.8) is 0 Å². The van der Waals surface area contributed by atoms with E-state index in [-0.39, 0.29) is 18.5 Å². The lowest BCUT2D eigenvalue weighted by Crippen LogP contribution is -2.44. The zero-order chi connectivity index (χ0) is 16.7. The van der Waals surface area contributed by atoms with E-state index in [9.17, 15) is 9.59 Å². The molecule has 1 aliphatic rings. The molecule has 2 atom stereocenters. The van der Waals surface area contributed by atoms with Crippen molar-refractivity contribution in [3.05, 3.63) is 34.9 Å². The summed E-state index contributed by atoms with van der Waals surface area (Å²) in [5.74, 6) is -0.427. The summed E-state index contributed by atoms with van der Waals surface area (Å²) in [5, 5.41) is 15.0. The number of benzene rings is 1. The van der Waals surface area contributed by atoms with Crippen LogP contribution in [0.15, 0.2) is 24.3 Å². The lowest BCUT2D eigenvalue weighted by Gasteiger charge is -2.30. The van der Waals surface area contributed by atoms with Crippen LogP contribution in [0.25, 0.3) is 0 Å². The summed E-state index contributed by atoms with van der Waals surface area (Å²) in [7, 11) is 0. The number of rotatable bonds is 6. The maximum absolute atomic E-state index is 11.9. The first-order valence-electron chi connectivity index (χ1n) is 8.06. The van der Waals surface area contributed by atoms with E-state index < -0.39 is 5.97 Å². The molecule has 2 unspecified atom stereocenters. The number of amides is 2. The first kappa shape index (κ1) is 17.6. The largest absolute Gasteiger partial charge is 0.481 e. The molecular formula is C17H23ClN2O3. The quantitative estimate of drug-likeness (QED) is 0.694. The Balaban J connectivity index is 1.77. The van der Waals surface area contributed by atoms with Crippen LogP contribution >= 0.6 is 11.6 Å². The van der Waals surface area contributed by atoms with Crippen LogP contribution in [-0.4, -0.2) is 29.7 Å². The SMILES string of the molecule is O=C(O)CCCNC(=O)NC1CCCC(c2cccc(Cl)c2)C1. The van der Waals surface area contributed by atoms with Crippen LogP contribution in [-0.2, 0) is 4.79 Å². The molecular weight excluding hydrogens is 316 g/mol. The highest BCUT2D eigenvalue weighted by atomic mass is 35.5. The Labute approximate surface area is 141 Å². The number of urea groups is 1. The zero-order valence-corrected chi connectivity index (χ0v) is 13.8. The van der Waals surface area contributed by atoms with Crippen LogP contribution in [0.2, 0.25) is 5.02 Å². The molecule has 0 spiro atoms. The summed E-state index contributed by atoms with van der Waals surface area (Å²) < 4.78 is 0. The minimum Gasteiger partial charge on any atom is -0.481 e. The lowest BCUT2D eigenvalue weighted by molar-refractivity contribution is -0.137. The van der Waals surface area contributed by atoms with Gasteiger partial charge in [0.15, 0.2) is 0 Å².